The van der Waals surface area contributed by atoms with E-state index in [1.54, 1.807) is 30.3 Å². The summed E-state index contributed by atoms with van der Waals surface area (Å²) in [5.74, 6) is -0.171. The second kappa shape index (κ2) is 9.69. The van der Waals surface area contributed by atoms with E-state index in [4.69, 9.17) is 9.88 Å². The normalized spacial score (nSPS) is 11.2. The molecule has 0 fully saturated rings. The van der Waals surface area contributed by atoms with Gasteiger partial charge < -0.3 is 4.74 Å². The maximum atomic E-state index is 13.5. The van der Waals surface area contributed by atoms with Crippen molar-refractivity contribution in [2.75, 3.05) is 6.61 Å². The summed E-state index contributed by atoms with van der Waals surface area (Å²) < 4.78 is 42.4. The van der Waals surface area contributed by atoms with E-state index in [2.05, 4.69) is 18.0 Å². The van der Waals surface area contributed by atoms with E-state index < -0.39 is 10.0 Å². The Labute approximate surface area is 181 Å². The van der Waals surface area contributed by atoms with Gasteiger partial charge >= 0.3 is 0 Å². The molecule has 0 bridgehead atoms. The first-order valence-electron chi connectivity index (χ1n) is 9.80. The van der Waals surface area contributed by atoms with E-state index in [1.165, 1.54) is 24.3 Å². The number of aromatic nitrogens is 1. The molecule has 31 heavy (non-hydrogen) atoms. The molecule has 1 aromatic heterocycles. The molecule has 2 aromatic carbocycles. The molecule has 2 N–H and O–H groups in total. The molecule has 6 nitrogen and oxygen atoms in total. The molecule has 0 atom stereocenters. The van der Waals surface area contributed by atoms with Gasteiger partial charge in [-0.1, -0.05) is 31.9 Å². The Morgan fingerprint density at radius 1 is 1.06 bits per heavy atom. The number of primary sulfonamides is 1. The van der Waals surface area contributed by atoms with Crippen LogP contribution < -0.4 is 9.88 Å². The van der Waals surface area contributed by atoms with Gasteiger partial charge in [0.25, 0.3) is 0 Å². The molecule has 3 aromatic rings. The Bertz CT molecular complexity index is 1200. The van der Waals surface area contributed by atoms with Gasteiger partial charge in [0.05, 0.1) is 17.2 Å². The molecule has 0 amide bonds. The van der Waals surface area contributed by atoms with Crippen LogP contribution in [0.4, 0.5) is 4.39 Å². The van der Waals surface area contributed by atoms with E-state index in [0.29, 0.717) is 29.0 Å². The van der Waals surface area contributed by atoms with Gasteiger partial charge in [-0.25, -0.2) is 22.9 Å². The lowest BCUT2D eigenvalue weighted by atomic mass is 9.98. The molecule has 0 aliphatic heterocycles. The van der Waals surface area contributed by atoms with Crippen molar-refractivity contribution in [1.29, 1.82) is 5.26 Å². The van der Waals surface area contributed by atoms with Gasteiger partial charge in [0.1, 0.15) is 17.4 Å². The number of unbranched alkanes of at least 4 members (excludes halogenated alkanes) is 2. The molecule has 0 saturated carbocycles. The zero-order chi connectivity index (χ0) is 22.4. The van der Waals surface area contributed by atoms with Gasteiger partial charge in [0.2, 0.25) is 15.9 Å². The van der Waals surface area contributed by atoms with Crippen LogP contribution in [0.25, 0.3) is 22.4 Å². The van der Waals surface area contributed by atoms with Crippen molar-refractivity contribution < 1.29 is 17.5 Å². The topological polar surface area (TPSA) is 106 Å². The Balaban J connectivity index is 2.12. The number of nitrogens with two attached hydrogens (primary N) is 1. The predicted molar refractivity (Wildman–Crippen MR) is 116 cm³/mol. The quantitative estimate of drug-likeness (QED) is 0.515. The van der Waals surface area contributed by atoms with E-state index in [0.717, 1.165) is 19.3 Å². The number of hydrogen-bond donors (Lipinski definition) is 1. The highest BCUT2D eigenvalue weighted by Gasteiger charge is 2.17. The lowest BCUT2D eigenvalue weighted by molar-refractivity contribution is 0.294. The lowest BCUT2D eigenvalue weighted by Crippen LogP contribution is -2.11. The number of rotatable bonds is 8. The number of nitriles is 1. The summed E-state index contributed by atoms with van der Waals surface area (Å²) in [7, 11) is -3.83. The van der Waals surface area contributed by atoms with Crippen molar-refractivity contribution in [3.05, 3.63) is 66.0 Å². The van der Waals surface area contributed by atoms with Gasteiger partial charge in [0, 0.05) is 11.1 Å². The molecule has 0 unspecified atom stereocenters. The number of benzene rings is 2. The zero-order valence-electron chi connectivity index (χ0n) is 17.0. The van der Waals surface area contributed by atoms with E-state index in [1.807, 2.05) is 0 Å². The first-order valence-corrected chi connectivity index (χ1v) is 11.3. The summed E-state index contributed by atoms with van der Waals surface area (Å²) in [6.07, 6.45) is 2.88. The van der Waals surface area contributed by atoms with Crippen LogP contribution in [-0.2, 0) is 10.0 Å². The van der Waals surface area contributed by atoms with Gasteiger partial charge in [0.15, 0.2) is 0 Å². The smallest absolute Gasteiger partial charge is 0.238 e. The average molecular weight is 440 g/mol. The van der Waals surface area contributed by atoms with Crippen molar-refractivity contribution in [3.8, 4) is 34.3 Å². The summed E-state index contributed by atoms with van der Waals surface area (Å²) in [5.41, 5.74) is 2.61. The highest BCUT2D eigenvalue weighted by atomic mass is 32.2. The van der Waals surface area contributed by atoms with Crippen molar-refractivity contribution >= 4 is 10.0 Å². The van der Waals surface area contributed by atoms with Crippen LogP contribution in [0.5, 0.6) is 5.88 Å². The van der Waals surface area contributed by atoms with Crippen LogP contribution in [-0.4, -0.2) is 20.0 Å². The van der Waals surface area contributed by atoms with Crippen molar-refractivity contribution in [3.63, 3.8) is 0 Å². The van der Waals surface area contributed by atoms with E-state index in [9.17, 15) is 18.1 Å². The minimum Gasteiger partial charge on any atom is -0.477 e. The van der Waals surface area contributed by atoms with Crippen molar-refractivity contribution in [2.45, 2.75) is 31.1 Å². The summed E-state index contributed by atoms with van der Waals surface area (Å²) in [6.45, 7) is 2.52. The molecular weight excluding hydrogens is 417 g/mol. The third kappa shape index (κ3) is 5.45. The second-order valence-electron chi connectivity index (χ2n) is 6.98. The molecule has 1 heterocycles. The molecule has 0 saturated heterocycles. The first-order chi connectivity index (χ1) is 14.8. The highest BCUT2D eigenvalue weighted by molar-refractivity contribution is 7.89. The van der Waals surface area contributed by atoms with E-state index in [-0.39, 0.29) is 22.2 Å². The molecular formula is C23H22FN3O3S. The van der Waals surface area contributed by atoms with Crippen LogP contribution in [0.3, 0.4) is 0 Å². The average Bonchev–Trinajstić information content (AvgIpc) is 2.76. The van der Waals surface area contributed by atoms with Crippen molar-refractivity contribution in [1.82, 2.24) is 4.98 Å². The van der Waals surface area contributed by atoms with Gasteiger partial charge in [-0.15, -0.1) is 0 Å². The first kappa shape index (κ1) is 22.4. The third-order valence-electron chi connectivity index (χ3n) is 4.71. The van der Waals surface area contributed by atoms with Crippen LogP contribution in [0.15, 0.2) is 59.5 Å². The monoisotopic (exact) mass is 439 g/mol. The van der Waals surface area contributed by atoms with E-state index >= 15 is 0 Å². The second-order valence-corrected chi connectivity index (χ2v) is 8.54. The molecule has 0 aliphatic rings. The van der Waals surface area contributed by atoms with Gasteiger partial charge in [-0.05, 0) is 54.4 Å². The van der Waals surface area contributed by atoms with Crippen molar-refractivity contribution in [2.24, 2.45) is 5.14 Å². The molecule has 0 radical (unpaired) electrons. The molecule has 0 aliphatic carbocycles. The summed E-state index contributed by atoms with van der Waals surface area (Å²) in [4.78, 5) is 4.55. The molecule has 160 valence electrons. The fraction of sp³-hybridized carbons (Fsp3) is 0.217. The minimum absolute atomic E-state index is 0.0241. The van der Waals surface area contributed by atoms with Crippen LogP contribution in [0, 0.1) is 17.1 Å². The van der Waals surface area contributed by atoms with Crippen LogP contribution in [0.1, 0.15) is 31.7 Å². The SMILES string of the molecule is CCCCCOc1nc(-c2ccc(F)cc2)c(-c2ccc(S(N)(=O)=O)cc2)cc1C#N. The van der Waals surface area contributed by atoms with Gasteiger partial charge in [-0.2, -0.15) is 5.26 Å². The zero-order valence-corrected chi connectivity index (χ0v) is 17.8. The Hall–Kier alpha value is -3.28. The maximum absolute atomic E-state index is 13.5. The lowest BCUT2D eigenvalue weighted by Gasteiger charge is -2.14. The standard InChI is InChI=1S/C23H22FN3O3S/c1-2-3-4-13-30-23-18(15-25)14-21(16-7-11-20(12-8-16)31(26,28)29)22(27-23)17-5-9-19(24)10-6-17/h5-12,14H,2-4,13H2,1H3,(H2,26,28,29). The van der Waals surface area contributed by atoms with Gasteiger partial charge in [-0.3, -0.25) is 0 Å². The summed E-state index contributed by atoms with van der Waals surface area (Å²) >= 11 is 0. The minimum atomic E-state index is -3.83. The van der Waals surface area contributed by atoms with Crippen LogP contribution in [0.2, 0.25) is 0 Å². The largest absolute Gasteiger partial charge is 0.477 e. The Morgan fingerprint density at radius 3 is 2.29 bits per heavy atom. The molecule has 8 heteroatoms. The number of sulfonamides is 1. The highest BCUT2D eigenvalue weighted by Crippen LogP contribution is 2.35. The number of halogens is 1. The third-order valence-corrected chi connectivity index (χ3v) is 5.64. The molecule has 0 spiro atoms. The Kier molecular flexibility index (Phi) is 7.00. The number of hydrogen-bond acceptors (Lipinski definition) is 5. The summed E-state index contributed by atoms with van der Waals surface area (Å²) in [5, 5.41) is 14.8. The number of pyridine rings is 1. The fourth-order valence-electron chi connectivity index (χ4n) is 3.08. The van der Waals surface area contributed by atoms with Crippen LogP contribution >= 0.6 is 0 Å². The maximum Gasteiger partial charge on any atom is 0.238 e. The molecule has 3 rings (SSSR count). The summed E-state index contributed by atoms with van der Waals surface area (Å²) in [6, 6.07) is 15.5. The predicted octanol–water partition coefficient (Wildman–Crippen LogP) is 4.64. The number of ether oxygens (including phenoxy) is 1. The number of nitrogens with zero attached hydrogens (tertiary/aromatic N) is 2. The Morgan fingerprint density at radius 2 is 1.71 bits per heavy atom. The fourth-order valence-corrected chi connectivity index (χ4v) is 3.59.